The summed E-state index contributed by atoms with van der Waals surface area (Å²) in [5.41, 5.74) is 1.56. The molecule has 22 heavy (non-hydrogen) atoms. The van der Waals surface area contributed by atoms with E-state index in [1.165, 1.54) is 11.1 Å². The fourth-order valence-electron chi connectivity index (χ4n) is 1.76. The first kappa shape index (κ1) is 19.9. The normalized spacial score (nSPS) is 12.6. The molecule has 0 saturated heterocycles. The third kappa shape index (κ3) is 10.5. The van der Waals surface area contributed by atoms with E-state index in [-0.39, 0.29) is 0 Å². The molecule has 0 aromatic heterocycles. The molecule has 0 atom stereocenters. The largest absolute Gasteiger partial charge is 0.390 e. The first-order chi connectivity index (χ1) is 10.2. The van der Waals surface area contributed by atoms with E-state index in [0.717, 1.165) is 35.9 Å². The minimum Gasteiger partial charge on any atom is -0.390 e. The van der Waals surface area contributed by atoms with Gasteiger partial charge in [-0.3, -0.25) is 0 Å². The highest BCUT2D eigenvalue weighted by atomic mass is 32.2. The molecule has 2 N–H and O–H groups in total. The van der Waals surface area contributed by atoms with Crippen molar-refractivity contribution in [2.24, 2.45) is 0 Å². The van der Waals surface area contributed by atoms with Gasteiger partial charge >= 0.3 is 0 Å². The van der Waals surface area contributed by atoms with E-state index in [1.54, 1.807) is 0 Å². The Bertz CT molecular complexity index is 375. The van der Waals surface area contributed by atoms with Gasteiger partial charge in [0.1, 0.15) is 0 Å². The van der Waals surface area contributed by atoms with Crippen molar-refractivity contribution in [2.75, 3.05) is 11.5 Å². The summed E-state index contributed by atoms with van der Waals surface area (Å²) in [5.74, 6) is 3.97. The fourth-order valence-corrected chi connectivity index (χ4v) is 4.19. The Kier molecular flexibility index (Phi) is 8.33. The Morgan fingerprint density at radius 3 is 1.32 bits per heavy atom. The Labute approximate surface area is 144 Å². The predicted octanol–water partition coefficient (Wildman–Crippen LogP) is 4.48. The topological polar surface area (TPSA) is 40.5 Å². The minimum atomic E-state index is -0.558. The Morgan fingerprint density at radius 1 is 0.727 bits per heavy atom. The van der Waals surface area contributed by atoms with Crippen molar-refractivity contribution < 1.29 is 10.2 Å². The van der Waals surface area contributed by atoms with Gasteiger partial charge in [-0.15, -0.1) is 0 Å². The lowest BCUT2D eigenvalue weighted by Gasteiger charge is -2.16. The van der Waals surface area contributed by atoms with Gasteiger partial charge in [0.15, 0.2) is 0 Å². The highest BCUT2D eigenvalue weighted by Gasteiger charge is 2.12. The highest BCUT2D eigenvalue weighted by molar-refractivity contribution is 7.98. The number of benzene rings is 1. The molecule has 1 aromatic rings. The number of hydrogen-bond donors (Lipinski definition) is 2. The third-order valence-electron chi connectivity index (χ3n) is 3.28. The quantitative estimate of drug-likeness (QED) is 0.615. The van der Waals surface area contributed by atoms with E-state index < -0.39 is 11.2 Å². The van der Waals surface area contributed by atoms with Gasteiger partial charge in [0, 0.05) is 11.5 Å². The molecule has 0 aliphatic rings. The molecule has 0 spiro atoms. The zero-order chi connectivity index (χ0) is 16.6. The number of rotatable bonds is 10. The summed E-state index contributed by atoms with van der Waals surface area (Å²) in [7, 11) is 0. The first-order valence-corrected chi connectivity index (χ1v) is 10.1. The molecule has 0 aliphatic heterocycles. The summed E-state index contributed by atoms with van der Waals surface area (Å²) in [5, 5.41) is 19.3. The van der Waals surface area contributed by atoms with Gasteiger partial charge in [-0.1, -0.05) is 24.3 Å². The second-order valence-electron chi connectivity index (χ2n) is 7.05. The van der Waals surface area contributed by atoms with Crippen LogP contribution in [0.15, 0.2) is 24.3 Å². The molecule has 0 fully saturated rings. The van der Waals surface area contributed by atoms with Crippen LogP contribution in [0.5, 0.6) is 0 Å². The molecular formula is C18H30O2S2. The van der Waals surface area contributed by atoms with Gasteiger partial charge in [0.05, 0.1) is 11.2 Å². The number of thioether (sulfide) groups is 2. The molecule has 0 unspecified atom stereocenters. The van der Waals surface area contributed by atoms with Crippen molar-refractivity contribution in [1.29, 1.82) is 0 Å². The van der Waals surface area contributed by atoms with Crippen molar-refractivity contribution in [3.05, 3.63) is 35.4 Å². The summed E-state index contributed by atoms with van der Waals surface area (Å²) < 4.78 is 0. The molecule has 0 heterocycles. The van der Waals surface area contributed by atoms with Crippen LogP contribution in [0.1, 0.15) is 51.7 Å². The van der Waals surface area contributed by atoms with Gasteiger partial charge in [-0.05, 0) is 63.2 Å². The maximum Gasteiger partial charge on any atom is 0.0599 e. The lowest BCUT2D eigenvalue weighted by atomic mass is 10.1. The Morgan fingerprint density at radius 2 is 1.05 bits per heavy atom. The van der Waals surface area contributed by atoms with Gasteiger partial charge < -0.3 is 10.2 Å². The van der Waals surface area contributed by atoms with Crippen molar-refractivity contribution in [3.8, 4) is 0 Å². The van der Waals surface area contributed by atoms with Crippen LogP contribution in [0.3, 0.4) is 0 Å². The molecule has 0 aliphatic carbocycles. The van der Waals surface area contributed by atoms with E-state index in [2.05, 4.69) is 24.3 Å². The van der Waals surface area contributed by atoms with E-state index in [1.807, 2.05) is 51.2 Å². The summed E-state index contributed by atoms with van der Waals surface area (Å²) in [6, 6.07) is 8.79. The van der Waals surface area contributed by atoms with Crippen molar-refractivity contribution in [3.63, 3.8) is 0 Å². The van der Waals surface area contributed by atoms with E-state index in [0.29, 0.717) is 0 Å². The van der Waals surface area contributed by atoms with Gasteiger partial charge in [-0.25, -0.2) is 0 Å². The van der Waals surface area contributed by atoms with E-state index in [4.69, 9.17) is 0 Å². The number of aliphatic hydroxyl groups is 2. The first-order valence-electron chi connectivity index (χ1n) is 7.84. The van der Waals surface area contributed by atoms with Crippen LogP contribution in [0, 0.1) is 0 Å². The molecule has 0 radical (unpaired) electrons. The standard InChI is InChI=1S/C18H30O2S2/c1-17(2,19)9-11-21-13-15-5-7-16(8-6-15)14-22-12-10-18(3,4)20/h5-8,19-20H,9-14H2,1-4H3. The lowest BCUT2D eigenvalue weighted by molar-refractivity contribution is 0.0771. The summed E-state index contributed by atoms with van der Waals surface area (Å²) >= 11 is 3.74. The Balaban J connectivity index is 2.22. The molecular weight excluding hydrogens is 312 g/mol. The molecule has 2 nitrogen and oxygen atoms in total. The maximum atomic E-state index is 9.67. The van der Waals surface area contributed by atoms with Crippen LogP contribution in [0.4, 0.5) is 0 Å². The molecule has 1 aromatic carbocycles. The number of hydrogen-bond acceptors (Lipinski definition) is 4. The molecule has 0 saturated carbocycles. The van der Waals surface area contributed by atoms with Crippen LogP contribution < -0.4 is 0 Å². The predicted molar refractivity (Wildman–Crippen MR) is 101 cm³/mol. The average Bonchev–Trinajstić information content (AvgIpc) is 2.39. The fraction of sp³-hybridized carbons (Fsp3) is 0.667. The second-order valence-corrected chi connectivity index (χ2v) is 9.26. The maximum absolute atomic E-state index is 9.67. The Hall–Kier alpha value is -0.160. The van der Waals surface area contributed by atoms with Crippen LogP contribution in [-0.2, 0) is 11.5 Å². The van der Waals surface area contributed by atoms with Crippen LogP contribution in [0.25, 0.3) is 0 Å². The molecule has 126 valence electrons. The lowest BCUT2D eigenvalue weighted by Crippen LogP contribution is -2.19. The van der Waals surface area contributed by atoms with E-state index >= 15 is 0 Å². The minimum absolute atomic E-state index is 0.558. The molecule has 1 rings (SSSR count). The highest BCUT2D eigenvalue weighted by Crippen LogP contribution is 2.20. The average molecular weight is 343 g/mol. The SMILES string of the molecule is CC(C)(O)CCSCc1ccc(CSCCC(C)(C)O)cc1. The third-order valence-corrected chi connectivity index (χ3v) is 5.34. The summed E-state index contributed by atoms with van der Waals surface area (Å²) in [6.07, 6.45) is 1.65. The molecule has 4 heteroatoms. The van der Waals surface area contributed by atoms with E-state index in [9.17, 15) is 10.2 Å². The summed E-state index contributed by atoms with van der Waals surface area (Å²) in [6.45, 7) is 7.44. The van der Waals surface area contributed by atoms with Crippen molar-refractivity contribution >= 4 is 23.5 Å². The van der Waals surface area contributed by atoms with Crippen LogP contribution >= 0.6 is 23.5 Å². The molecule has 0 bridgehead atoms. The van der Waals surface area contributed by atoms with Crippen LogP contribution in [0.2, 0.25) is 0 Å². The van der Waals surface area contributed by atoms with Crippen LogP contribution in [-0.4, -0.2) is 32.9 Å². The van der Waals surface area contributed by atoms with Gasteiger partial charge in [0.2, 0.25) is 0 Å². The van der Waals surface area contributed by atoms with Gasteiger partial charge in [-0.2, -0.15) is 23.5 Å². The van der Waals surface area contributed by atoms with Crippen molar-refractivity contribution in [1.82, 2.24) is 0 Å². The van der Waals surface area contributed by atoms with Crippen molar-refractivity contribution in [2.45, 2.75) is 63.2 Å². The summed E-state index contributed by atoms with van der Waals surface area (Å²) in [4.78, 5) is 0. The van der Waals surface area contributed by atoms with Gasteiger partial charge in [0.25, 0.3) is 0 Å². The second kappa shape index (κ2) is 9.21. The smallest absolute Gasteiger partial charge is 0.0599 e. The zero-order valence-electron chi connectivity index (χ0n) is 14.3. The monoisotopic (exact) mass is 342 g/mol. The zero-order valence-corrected chi connectivity index (χ0v) is 15.9. The molecule has 0 amide bonds.